The van der Waals surface area contributed by atoms with Crippen LogP contribution in [0.4, 0.5) is 14.6 Å². The van der Waals surface area contributed by atoms with Gasteiger partial charge in [-0.1, -0.05) is 6.92 Å². The van der Waals surface area contributed by atoms with E-state index in [1.54, 1.807) is 4.52 Å². The van der Waals surface area contributed by atoms with Gasteiger partial charge in [-0.05, 0) is 49.6 Å². The predicted octanol–water partition coefficient (Wildman–Crippen LogP) is 2.80. The van der Waals surface area contributed by atoms with Crippen molar-refractivity contribution in [3.8, 4) is 0 Å². The van der Waals surface area contributed by atoms with Crippen molar-refractivity contribution >= 4 is 17.4 Å². The number of rotatable bonds is 5. The van der Waals surface area contributed by atoms with E-state index in [-0.39, 0.29) is 18.6 Å². The number of carbonyl (C=O) groups excluding carboxylic acids is 1. The average molecular weight is 417 g/mol. The third-order valence-electron chi connectivity index (χ3n) is 4.88. The molecule has 1 saturated heterocycles. The Bertz CT molecular complexity index is 946. The Morgan fingerprint density at radius 2 is 1.80 bits per heavy atom. The first-order valence-corrected chi connectivity index (χ1v) is 9.94. The number of nitrogens with one attached hydrogen (secondary N) is 1. The number of anilines is 1. The third kappa shape index (κ3) is 5.29. The zero-order chi connectivity index (χ0) is 21.5. The molecule has 3 heterocycles. The normalized spacial score (nSPS) is 14.3. The van der Waals surface area contributed by atoms with Gasteiger partial charge in [0.2, 0.25) is 0 Å². The molecular formula is C21H25F2N5O2. The minimum absolute atomic E-state index is 0.0755. The van der Waals surface area contributed by atoms with Crippen LogP contribution in [-0.4, -0.2) is 51.4 Å². The molecule has 4 rings (SSSR count). The zero-order valence-corrected chi connectivity index (χ0v) is 16.8. The van der Waals surface area contributed by atoms with E-state index in [1.165, 1.54) is 19.0 Å². The Morgan fingerprint density at radius 1 is 1.17 bits per heavy atom. The summed E-state index contributed by atoms with van der Waals surface area (Å²) < 4.78 is 25.4. The summed E-state index contributed by atoms with van der Waals surface area (Å²) in [6, 6.07) is 5.99. The topological polar surface area (TPSA) is 82.8 Å². The van der Waals surface area contributed by atoms with Gasteiger partial charge in [-0.2, -0.15) is 5.10 Å². The Hall–Kier alpha value is -3.07. The molecule has 0 saturated carbocycles. The van der Waals surface area contributed by atoms with Crippen LogP contribution in [0.5, 0.6) is 0 Å². The molecule has 0 bridgehead atoms. The van der Waals surface area contributed by atoms with Crippen LogP contribution in [0.2, 0.25) is 0 Å². The maximum atomic E-state index is 12.4. The molecule has 2 N–H and O–H groups in total. The summed E-state index contributed by atoms with van der Waals surface area (Å²) >= 11 is 0. The van der Waals surface area contributed by atoms with E-state index in [1.807, 2.05) is 19.2 Å². The van der Waals surface area contributed by atoms with Gasteiger partial charge < -0.3 is 15.3 Å². The molecule has 9 heteroatoms. The van der Waals surface area contributed by atoms with Gasteiger partial charge in [-0.15, -0.1) is 0 Å². The number of aliphatic hydroxyl groups is 1. The largest absolute Gasteiger partial charge is 0.394 e. The second kappa shape index (κ2) is 10.1. The quantitative estimate of drug-likeness (QED) is 0.667. The lowest BCUT2D eigenvalue weighted by Crippen LogP contribution is -2.36. The van der Waals surface area contributed by atoms with Crippen LogP contribution in [0.25, 0.3) is 5.65 Å². The smallest absolute Gasteiger partial charge is 0.257 e. The van der Waals surface area contributed by atoms with Crippen LogP contribution in [0, 0.1) is 11.6 Å². The van der Waals surface area contributed by atoms with Gasteiger partial charge in [-0.25, -0.2) is 18.3 Å². The van der Waals surface area contributed by atoms with Crippen molar-refractivity contribution in [1.82, 2.24) is 19.9 Å². The fraction of sp³-hybridized carbons (Fsp3) is 0.381. The highest BCUT2D eigenvalue weighted by molar-refractivity contribution is 5.99. The first-order chi connectivity index (χ1) is 14.5. The lowest BCUT2D eigenvalue weighted by atomic mass is 10.2. The molecule has 0 spiro atoms. The number of amides is 1. The summed E-state index contributed by atoms with van der Waals surface area (Å²) in [7, 11) is 0. The van der Waals surface area contributed by atoms with Gasteiger partial charge in [0.15, 0.2) is 5.65 Å². The molecule has 160 valence electrons. The lowest BCUT2D eigenvalue weighted by molar-refractivity contribution is 0.0916. The van der Waals surface area contributed by atoms with E-state index in [2.05, 4.69) is 20.3 Å². The minimum Gasteiger partial charge on any atom is -0.394 e. The second-order valence-electron chi connectivity index (χ2n) is 7.00. The number of hydrogen-bond donors (Lipinski definition) is 2. The van der Waals surface area contributed by atoms with Crippen molar-refractivity contribution in [2.75, 3.05) is 24.6 Å². The molecule has 1 unspecified atom stereocenters. The molecule has 1 atom stereocenters. The van der Waals surface area contributed by atoms with Crippen LogP contribution < -0.4 is 10.2 Å². The van der Waals surface area contributed by atoms with E-state index in [9.17, 15) is 18.7 Å². The molecule has 1 aliphatic rings. The summed E-state index contributed by atoms with van der Waals surface area (Å²) in [4.78, 5) is 19.2. The number of fused-ring (bicyclic) bond motifs is 1. The number of carbonyl (C=O) groups is 1. The van der Waals surface area contributed by atoms with E-state index < -0.39 is 11.6 Å². The van der Waals surface area contributed by atoms with E-state index in [0.717, 1.165) is 43.2 Å². The van der Waals surface area contributed by atoms with Crippen LogP contribution in [-0.2, 0) is 0 Å². The highest BCUT2D eigenvalue weighted by Crippen LogP contribution is 2.19. The van der Waals surface area contributed by atoms with Crippen LogP contribution in [0.15, 0.2) is 42.7 Å². The number of hydrogen-bond acceptors (Lipinski definition) is 5. The highest BCUT2D eigenvalue weighted by Gasteiger charge is 2.19. The van der Waals surface area contributed by atoms with Crippen molar-refractivity contribution in [3.05, 3.63) is 59.9 Å². The van der Waals surface area contributed by atoms with Gasteiger partial charge in [0, 0.05) is 19.3 Å². The second-order valence-corrected chi connectivity index (χ2v) is 7.00. The van der Waals surface area contributed by atoms with Gasteiger partial charge in [-0.3, -0.25) is 4.79 Å². The number of halogens is 2. The minimum atomic E-state index is -0.411. The first-order valence-electron chi connectivity index (χ1n) is 9.94. The molecule has 1 aliphatic heterocycles. The molecule has 7 nitrogen and oxygen atoms in total. The number of nitrogens with zero attached hydrogens (tertiary/aromatic N) is 4. The van der Waals surface area contributed by atoms with E-state index in [4.69, 9.17) is 0 Å². The Balaban J connectivity index is 0.000000269. The Kier molecular flexibility index (Phi) is 7.29. The van der Waals surface area contributed by atoms with Crippen molar-refractivity contribution in [3.63, 3.8) is 0 Å². The molecule has 1 aromatic carbocycles. The standard InChI is InChI=1S/C15H21N5O2.C6H4F2/c1-2-11(10-21)17-15(22)12-9-16-20-8-5-13(18-14(12)20)19-6-3-4-7-19;7-5-1-2-6(8)4-3-5/h5,8-9,11,21H,2-4,6-7,10H2,1H3,(H,17,22);1-4H. The highest BCUT2D eigenvalue weighted by atomic mass is 19.1. The number of aliphatic hydroxyl groups excluding tert-OH is 1. The SMILES string of the molecule is CCC(CO)NC(=O)c1cnn2ccc(N3CCCC3)nc12.Fc1ccc(F)cc1. The lowest BCUT2D eigenvalue weighted by Gasteiger charge is -2.16. The van der Waals surface area contributed by atoms with E-state index in [0.29, 0.717) is 17.6 Å². The maximum Gasteiger partial charge on any atom is 0.257 e. The first kappa shape index (κ1) is 21.6. The number of benzene rings is 1. The Labute approximate surface area is 173 Å². The number of aromatic nitrogens is 3. The van der Waals surface area contributed by atoms with Crippen LogP contribution in [0.1, 0.15) is 36.5 Å². The molecule has 2 aromatic heterocycles. The summed E-state index contributed by atoms with van der Waals surface area (Å²) in [5.41, 5.74) is 0.989. The molecule has 0 aliphatic carbocycles. The van der Waals surface area contributed by atoms with Gasteiger partial charge in [0.25, 0.3) is 5.91 Å². The maximum absolute atomic E-state index is 12.4. The summed E-state index contributed by atoms with van der Waals surface area (Å²) in [6.45, 7) is 3.84. The van der Waals surface area contributed by atoms with E-state index >= 15 is 0 Å². The molecule has 1 amide bonds. The molecule has 30 heavy (non-hydrogen) atoms. The van der Waals surface area contributed by atoms with Crippen LogP contribution in [0.3, 0.4) is 0 Å². The molecular weight excluding hydrogens is 392 g/mol. The summed E-state index contributed by atoms with van der Waals surface area (Å²) in [5, 5.41) is 16.2. The van der Waals surface area contributed by atoms with Gasteiger partial charge in [0.1, 0.15) is 23.0 Å². The monoisotopic (exact) mass is 417 g/mol. The summed E-state index contributed by atoms with van der Waals surface area (Å²) in [5.74, 6) is -0.187. The molecule has 1 fully saturated rings. The molecule has 0 radical (unpaired) electrons. The van der Waals surface area contributed by atoms with Crippen molar-refractivity contribution in [2.24, 2.45) is 0 Å². The average Bonchev–Trinajstić information content (AvgIpc) is 3.44. The fourth-order valence-corrected chi connectivity index (χ4v) is 3.11. The van der Waals surface area contributed by atoms with Gasteiger partial charge in [0.05, 0.1) is 18.8 Å². The predicted molar refractivity (Wildman–Crippen MR) is 109 cm³/mol. The van der Waals surface area contributed by atoms with Crippen molar-refractivity contribution < 1.29 is 18.7 Å². The Morgan fingerprint density at radius 3 is 2.37 bits per heavy atom. The fourth-order valence-electron chi connectivity index (χ4n) is 3.11. The summed E-state index contributed by atoms with van der Waals surface area (Å²) in [6.07, 6.45) is 6.38. The van der Waals surface area contributed by atoms with Gasteiger partial charge >= 0.3 is 0 Å². The zero-order valence-electron chi connectivity index (χ0n) is 16.8. The third-order valence-corrected chi connectivity index (χ3v) is 4.88. The van der Waals surface area contributed by atoms with Crippen LogP contribution >= 0.6 is 0 Å². The van der Waals surface area contributed by atoms with Crippen molar-refractivity contribution in [2.45, 2.75) is 32.2 Å². The van der Waals surface area contributed by atoms with Crippen molar-refractivity contribution in [1.29, 1.82) is 0 Å². The molecule has 3 aromatic rings.